The highest BCUT2D eigenvalue weighted by Gasteiger charge is 2.34. The van der Waals surface area contributed by atoms with Crippen LogP contribution in [0.4, 0.5) is 14.5 Å². The van der Waals surface area contributed by atoms with Crippen molar-refractivity contribution in [2.75, 3.05) is 31.6 Å². The van der Waals surface area contributed by atoms with Gasteiger partial charge in [-0.05, 0) is 19.1 Å². The van der Waals surface area contributed by atoms with E-state index in [0.717, 1.165) is 0 Å². The summed E-state index contributed by atoms with van der Waals surface area (Å²) in [6.45, 7) is 3.05. The van der Waals surface area contributed by atoms with E-state index in [9.17, 15) is 13.6 Å². The van der Waals surface area contributed by atoms with Crippen LogP contribution in [0.15, 0.2) is 24.3 Å². The SMILES string of the molecule is CCOc1ccccc1NC(=O)CN1CC(C(F)F)C1. The van der Waals surface area contributed by atoms with Crippen molar-refractivity contribution in [3.05, 3.63) is 24.3 Å². The van der Waals surface area contributed by atoms with Crippen LogP contribution in [-0.2, 0) is 4.79 Å². The molecule has 4 nitrogen and oxygen atoms in total. The molecule has 20 heavy (non-hydrogen) atoms. The molecule has 1 N–H and O–H groups in total. The summed E-state index contributed by atoms with van der Waals surface area (Å²) < 4.78 is 30.1. The number of nitrogens with zero attached hydrogens (tertiary/aromatic N) is 1. The molecule has 1 aliphatic rings. The summed E-state index contributed by atoms with van der Waals surface area (Å²) in [5.41, 5.74) is 0.602. The second-order valence-corrected chi connectivity index (χ2v) is 4.77. The predicted octanol–water partition coefficient (Wildman–Crippen LogP) is 2.22. The van der Waals surface area contributed by atoms with Gasteiger partial charge in [-0.3, -0.25) is 9.69 Å². The van der Waals surface area contributed by atoms with Crippen molar-refractivity contribution in [2.24, 2.45) is 5.92 Å². The average Bonchev–Trinajstić information content (AvgIpc) is 2.35. The number of benzene rings is 1. The lowest BCUT2D eigenvalue weighted by Crippen LogP contribution is -2.52. The van der Waals surface area contributed by atoms with Crippen LogP contribution in [0.2, 0.25) is 0 Å². The number of carbonyl (C=O) groups is 1. The molecule has 1 aromatic rings. The molecular formula is C14H18F2N2O2. The first-order chi connectivity index (χ1) is 9.60. The fourth-order valence-corrected chi connectivity index (χ4v) is 2.14. The van der Waals surface area contributed by atoms with Gasteiger partial charge in [0, 0.05) is 19.0 Å². The molecule has 110 valence electrons. The Balaban J connectivity index is 1.83. The van der Waals surface area contributed by atoms with Crippen LogP contribution in [0.25, 0.3) is 0 Å². The minimum atomic E-state index is -2.30. The van der Waals surface area contributed by atoms with Crippen LogP contribution in [0, 0.1) is 5.92 Å². The molecule has 1 saturated heterocycles. The topological polar surface area (TPSA) is 41.6 Å². The van der Waals surface area contributed by atoms with Gasteiger partial charge >= 0.3 is 0 Å². The summed E-state index contributed by atoms with van der Waals surface area (Å²) in [6, 6.07) is 7.15. The van der Waals surface area contributed by atoms with Crippen molar-refractivity contribution >= 4 is 11.6 Å². The summed E-state index contributed by atoms with van der Waals surface area (Å²) in [5.74, 6) is -0.208. The molecule has 1 amide bonds. The normalized spacial score (nSPS) is 16.0. The van der Waals surface area contributed by atoms with Crippen LogP contribution in [0.5, 0.6) is 5.75 Å². The smallest absolute Gasteiger partial charge is 0.243 e. The zero-order valence-electron chi connectivity index (χ0n) is 11.3. The number of carbonyl (C=O) groups excluding carboxylic acids is 1. The van der Waals surface area contributed by atoms with E-state index < -0.39 is 12.3 Å². The zero-order valence-corrected chi connectivity index (χ0v) is 11.3. The first-order valence-electron chi connectivity index (χ1n) is 6.62. The number of halogens is 2. The van der Waals surface area contributed by atoms with Gasteiger partial charge in [0.25, 0.3) is 0 Å². The number of ether oxygens (including phenoxy) is 1. The number of likely N-dealkylation sites (tertiary alicyclic amines) is 1. The third-order valence-corrected chi connectivity index (χ3v) is 3.17. The van der Waals surface area contributed by atoms with Gasteiger partial charge in [-0.25, -0.2) is 8.78 Å². The molecule has 1 aliphatic heterocycles. The van der Waals surface area contributed by atoms with Crippen molar-refractivity contribution in [3.8, 4) is 5.75 Å². The summed E-state index contributed by atoms with van der Waals surface area (Å²) in [4.78, 5) is 13.6. The monoisotopic (exact) mass is 284 g/mol. The van der Waals surface area contributed by atoms with E-state index in [1.54, 1.807) is 23.1 Å². The van der Waals surface area contributed by atoms with Crippen molar-refractivity contribution in [1.82, 2.24) is 4.90 Å². The minimum absolute atomic E-state index is 0.129. The molecule has 0 bridgehead atoms. The van der Waals surface area contributed by atoms with Gasteiger partial charge < -0.3 is 10.1 Å². The van der Waals surface area contributed by atoms with E-state index in [4.69, 9.17) is 4.74 Å². The molecule has 0 aromatic heterocycles. The molecule has 0 aliphatic carbocycles. The van der Waals surface area contributed by atoms with E-state index in [0.29, 0.717) is 18.0 Å². The van der Waals surface area contributed by atoms with Gasteiger partial charge in [-0.1, -0.05) is 12.1 Å². The second kappa shape index (κ2) is 6.65. The molecule has 0 unspecified atom stereocenters. The second-order valence-electron chi connectivity index (χ2n) is 4.77. The standard InChI is InChI=1S/C14H18F2N2O2/c1-2-20-12-6-4-3-5-11(12)17-13(19)9-18-7-10(8-18)14(15)16/h3-6,10,14H,2,7-9H2,1H3,(H,17,19). The highest BCUT2D eigenvalue weighted by Crippen LogP contribution is 2.25. The maximum Gasteiger partial charge on any atom is 0.243 e. The maximum atomic E-state index is 12.3. The third-order valence-electron chi connectivity index (χ3n) is 3.17. The molecule has 6 heteroatoms. The Kier molecular flexibility index (Phi) is 4.89. The van der Waals surface area contributed by atoms with E-state index in [1.165, 1.54) is 0 Å². The van der Waals surface area contributed by atoms with E-state index in [1.807, 2.05) is 13.0 Å². The summed E-state index contributed by atoms with van der Waals surface area (Å²) in [5, 5.41) is 2.75. The van der Waals surface area contributed by atoms with Crippen LogP contribution < -0.4 is 10.1 Å². The summed E-state index contributed by atoms with van der Waals surface area (Å²) in [6.07, 6.45) is -2.30. The Labute approximate surface area is 116 Å². The van der Waals surface area contributed by atoms with Gasteiger partial charge in [-0.2, -0.15) is 0 Å². The van der Waals surface area contributed by atoms with Crippen molar-refractivity contribution < 1.29 is 18.3 Å². The van der Waals surface area contributed by atoms with Crippen LogP contribution in [0.1, 0.15) is 6.92 Å². The molecule has 0 spiro atoms. The number of nitrogens with one attached hydrogen (secondary N) is 1. The van der Waals surface area contributed by atoms with Crippen LogP contribution >= 0.6 is 0 Å². The fourth-order valence-electron chi connectivity index (χ4n) is 2.14. The molecule has 2 rings (SSSR count). The minimum Gasteiger partial charge on any atom is -0.492 e. The van der Waals surface area contributed by atoms with Gasteiger partial charge in [-0.15, -0.1) is 0 Å². The van der Waals surface area contributed by atoms with Gasteiger partial charge in [0.2, 0.25) is 12.3 Å². The first kappa shape index (κ1) is 14.7. The van der Waals surface area contributed by atoms with Gasteiger partial charge in [0.05, 0.1) is 18.8 Å². The number of para-hydroxylation sites is 2. The lowest BCUT2D eigenvalue weighted by Gasteiger charge is -2.38. The van der Waals surface area contributed by atoms with Crippen molar-refractivity contribution in [1.29, 1.82) is 0 Å². The molecule has 0 radical (unpaired) electrons. The fraction of sp³-hybridized carbons (Fsp3) is 0.500. The average molecular weight is 284 g/mol. The Morgan fingerprint density at radius 1 is 1.45 bits per heavy atom. The summed E-state index contributed by atoms with van der Waals surface area (Å²) >= 11 is 0. The Bertz CT molecular complexity index is 462. The third kappa shape index (κ3) is 3.66. The highest BCUT2D eigenvalue weighted by molar-refractivity contribution is 5.93. The quantitative estimate of drug-likeness (QED) is 0.871. The van der Waals surface area contributed by atoms with Crippen LogP contribution in [-0.4, -0.2) is 43.5 Å². The van der Waals surface area contributed by atoms with Gasteiger partial charge in [0.1, 0.15) is 5.75 Å². The molecular weight excluding hydrogens is 266 g/mol. The number of amides is 1. The number of anilines is 1. The first-order valence-corrected chi connectivity index (χ1v) is 6.62. The Morgan fingerprint density at radius 2 is 2.15 bits per heavy atom. The Hall–Kier alpha value is -1.69. The number of hydrogen-bond acceptors (Lipinski definition) is 3. The maximum absolute atomic E-state index is 12.3. The summed E-state index contributed by atoms with van der Waals surface area (Å²) in [7, 11) is 0. The number of alkyl halides is 2. The molecule has 1 fully saturated rings. The van der Waals surface area contributed by atoms with Gasteiger partial charge in [0.15, 0.2) is 0 Å². The van der Waals surface area contributed by atoms with Crippen LogP contribution in [0.3, 0.4) is 0 Å². The zero-order chi connectivity index (χ0) is 14.5. The molecule has 1 aromatic carbocycles. The number of rotatable bonds is 6. The lowest BCUT2D eigenvalue weighted by atomic mass is 10.0. The van der Waals surface area contributed by atoms with E-state index in [2.05, 4.69) is 5.32 Å². The predicted molar refractivity (Wildman–Crippen MR) is 72.2 cm³/mol. The van der Waals surface area contributed by atoms with E-state index in [-0.39, 0.29) is 25.5 Å². The highest BCUT2D eigenvalue weighted by atomic mass is 19.3. The lowest BCUT2D eigenvalue weighted by molar-refractivity contribution is -0.120. The molecule has 1 heterocycles. The Morgan fingerprint density at radius 3 is 2.80 bits per heavy atom. The number of hydrogen-bond donors (Lipinski definition) is 1. The van der Waals surface area contributed by atoms with Crippen molar-refractivity contribution in [2.45, 2.75) is 13.3 Å². The molecule has 0 saturated carbocycles. The molecule has 0 atom stereocenters. The largest absolute Gasteiger partial charge is 0.492 e. The van der Waals surface area contributed by atoms with E-state index >= 15 is 0 Å². The van der Waals surface area contributed by atoms with Crippen molar-refractivity contribution in [3.63, 3.8) is 0 Å².